The van der Waals surface area contributed by atoms with E-state index in [2.05, 4.69) is 5.10 Å². The first-order chi connectivity index (χ1) is 7.86. The summed E-state index contributed by atoms with van der Waals surface area (Å²) in [4.78, 5) is 0. The SMILES string of the molecule is Oc1ccccc1-n1ncc2c1CSCC2. The summed E-state index contributed by atoms with van der Waals surface area (Å²) in [7, 11) is 0. The molecule has 3 nitrogen and oxygen atoms in total. The van der Waals surface area contributed by atoms with Gasteiger partial charge in [-0.15, -0.1) is 0 Å². The number of aryl methyl sites for hydroxylation is 1. The van der Waals surface area contributed by atoms with Crippen LogP contribution in [0.5, 0.6) is 5.75 Å². The summed E-state index contributed by atoms with van der Waals surface area (Å²) in [6, 6.07) is 7.32. The number of fused-ring (bicyclic) bond motifs is 1. The van der Waals surface area contributed by atoms with Gasteiger partial charge in [-0.1, -0.05) is 12.1 Å². The summed E-state index contributed by atoms with van der Waals surface area (Å²) in [5.41, 5.74) is 3.30. The highest BCUT2D eigenvalue weighted by molar-refractivity contribution is 7.98. The van der Waals surface area contributed by atoms with Gasteiger partial charge in [-0.25, -0.2) is 4.68 Å². The van der Waals surface area contributed by atoms with Crippen molar-refractivity contribution in [3.8, 4) is 11.4 Å². The van der Waals surface area contributed by atoms with Crippen LogP contribution in [0, 0.1) is 0 Å². The molecular weight excluding hydrogens is 220 g/mol. The summed E-state index contributed by atoms with van der Waals surface area (Å²) in [5, 5.41) is 14.2. The smallest absolute Gasteiger partial charge is 0.141 e. The standard InChI is InChI=1S/C12H12N2OS/c15-12-4-2-1-3-10(12)14-11-8-16-6-5-9(11)7-13-14/h1-4,7,15H,5-6,8H2. The molecule has 0 unspecified atom stereocenters. The van der Waals surface area contributed by atoms with Crippen LogP contribution < -0.4 is 0 Å². The predicted octanol–water partition coefficient (Wildman–Crippen LogP) is 2.37. The van der Waals surface area contributed by atoms with E-state index in [1.165, 1.54) is 17.0 Å². The maximum Gasteiger partial charge on any atom is 0.141 e. The van der Waals surface area contributed by atoms with E-state index < -0.39 is 0 Å². The molecule has 1 N–H and O–H groups in total. The molecule has 0 amide bonds. The van der Waals surface area contributed by atoms with E-state index in [0.717, 1.165) is 17.9 Å². The molecule has 1 aromatic heterocycles. The van der Waals surface area contributed by atoms with E-state index in [1.807, 2.05) is 40.8 Å². The van der Waals surface area contributed by atoms with Crippen molar-refractivity contribution >= 4 is 11.8 Å². The van der Waals surface area contributed by atoms with E-state index in [-0.39, 0.29) is 5.75 Å². The first-order valence-corrected chi connectivity index (χ1v) is 6.43. The molecule has 16 heavy (non-hydrogen) atoms. The maximum atomic E-state index is 9.82. The molecule has 0 atom stereocenters. The third kappa shape index (κ3) is 1.50. The zero-order chi connectivity index (χ0) is 11.0. The fourth-order valence-electron chi connectivity index (χ4n) is 1.97. The van der Waals surface area contributed by atoms with Gasteiger partial charge in [-0.2, -0.15) is 16.9 Å². The van der Waals surface area contributed by atoms with Crippen LogP contribution in [0.25, 0.3) is 5.69 Å². The molecule has 82 valence electrons. The Bertz CT molecular complexity index is 521. The van der Waals surface area contributed by atoms with Gasteiger partial charge in [0.1, 0.15) is 11.4 Å². The fourth-order valence-corrected chi connectivity index (χ4v) is 2.98. The largest absolute Gasteiger partial charge is 0.506 e. The second-order valence-corrected chi connectivity index (χ2v) is 4.92. The van der Waals surface area contributed by atoms with Gasteiger partial charge >= 0.3 is 0 Å². The fraction of sp³-hybridized carbons (Fsp3) is 0.250. The van der Waals surface area contributed by atoms with Crippen molar-refractivity contribution in [2.45, 2.75) is 12.2 Å². The van der Waals surface area contributed by atoms with Gasteiger partial charge in [-0.3, -0.25) is 0 Å². The van der Waals surface area contributed by atoms with Crippen LogP contribution in [0.2, 0.25) is 0 Å². The summed E-state index contributed by atoms with van der Waals surface area (Å²) < 4.78 is 1.86. The van der Waals surface area contributed by atoms with Gasteiger partial charge in [0.25, 0.3) is 0 Å². The Morgan fingerprint density at radius 2 is 2.19 bits per heavy atom. The monoisotopic (exact) mass is 232 g/mol. The number of aromatic nitrogens is 2. The van der Waals surface area contributed by atoms with Gasteiger partial charge < -0.3 is 5.11 Å². The Hall–Kier alpha value is -1.42. The lowest BCUT2D eigenvalue weighted by atomic mass is 10.2. The topological polar surface area (TPSA) is 38.0 Å². The first kappa shape index (κ1) is 9.78. The second kappa shape index (κ2) is 3.87. The molecule has 2 aromatic rings. The Morgan fingerprint density at radius 1 is 1.31 bits per heavy atom. The molecular formula is C12H12N2OS. The maximum absolute atomic E-state index is 9.82. The minimum atomic E-state index is 0.281. The second-order valence-electron chi connectivity index (χ2n) is 3.82. The number of nitrogens with zero attached hydrogens (tertiary/aromatic N) is 2. The number of thioether (sulfide) groups is 1. The lowest BCUT2D eigenvalue weighted by molar-refractivity contribution is 0.470. The number of benzene rings is 1. The predicted molar refractivity (Wildman–Crippen MR) is 65.1 cm³/mol. The summed E-state index contributed by atoms with van der Waals surface area (Å²) >= 11 is 1.91. The lowest BCUT2D eigenvalue weighted by Crippen LogP contribution is -2.07. The molecule has 4 heteroatoms. The normalized spacial score (nSPS) is 14.8. The number of hydrogen-bond donors (Lipinski definition) is 1. The zero-order valence-corrected chi connectivity index (χ0v) is 9.57. The van der Waals surface area contributed by atoms with Crippen LogP contribution in [0.1, 0.15) is 11.3 Å². The first-order valence-electron chi connectivity index (χ1n) is 5.28. The summed E-state index contributed by atoms with van der Waals surface area (Å²) in [6.45, 7) is 0. The van der Waals surface area contributed by atoms with E-state index in [1.54, 1.807) is 6.07 Å². The van der Waals surface area contributed by atoms with Gasteiger partial charge in [-0.05, 0) is 29.9 Å². The van der Waals surface area contributed by atoms with Gasteiger partial charge in [0, 0.05) is 5.75 Å². The van der Waals surface area contributed by atoms with Crippen LogP contribution in [-0.4, -0.2) is 20.6 Å². The van der Waals surface area contributed by atoms with E-state index in [9.17, 15) is 5.11 Å². The third-order valence-electron chi connectivity index (χ3n) is 2.82. The summed E-state index contributed by atoms with van der Waals surface area (Å²) in [5.74, 6) is 2.42. The van der Waals surface area contributed by atoms with Crippen molar-refractivity contribution in [3.05, 3.63) is 41.7 Å². The number of para-hydroxylation sites is 2. The minimum Gasteiger partial charge on any atom is -0.506 e. The van der Waals surface area contributed by atoms with Crippen LogP contribution in [0.4, 0.5) is 0 Å². The number of phenols is 1. The molecule has 1 aromatic carbocycles. The van der Waals surface area contributed by atoms with Crippen molar-refractivity contribution in [2.75, 3.05) is 5.75 Å². The third-order valence-corrected chi connectivity index (χ3v) is 3.79. The van der Waals surface area contributed by atoms with Crippen molar-refractivity contribution in [2.24, 2.45) is 0 Å². The molecule has 0 bridgehead atoms. The Morgan fingerprint density at radius 3 is 3.06 bits per heavy atom. The molecule has 2 heterocycles. The van der Waals surface area contributed by atoms with Gasteiger partial charge in [0.05, 0.1) is 11.9 Å². The van der Waals surface area contributed by atoms with Crippen molar-refractivity contribution in [1.82, 2.24) is 9.78 Å². The lowest BCUT2D eigenvalue weighted by Gasteiger charge is -2.14. The quantitative estimate of drug-likeness (QED) is 0.820. The van der Waals surface area contributed by atoms with Crippen molar-refractivity contribution in [1.29, 1.82) is 0 Å². The molecule has 0 aliphatic carbocycles. The number of rotatable bonds is 1. The van der Waals surface area contributed by atoms with Crippen LogP contribution in [0.15, 0.2) is 30.5 Å². The molecule has 0 fully saturated rings. The highest BCUT2D eigenvalue weighted by Gasteiger charge is 2.17. The molecule has 0 radical (unpaired) electrons. The van der Waals surface area contributed by atoms with Crippen LogP contribution >= 0.6 is 11.8 Å². The zero-order valence-electron chi connectivity index (χ0n) is 8.76. The molecule has 0 saturated carbocycles. The molecule has 3 rings (SSSR count). The van der Waals surface area contributed by atoms with Crippen molar-refractivity contribution < 1.29 is 5.11 Å². The minimum absolute atomic E-state index is 0.281. The molecule has 0 saturated heterocycles. The van der Waals surface area contributed by atoms with E-state index in [0.29, 0.717) is 0 Å². The number of phenolic OH excluding ortho intramolecular Hbond substituents is 1. The molecule has 1 aliphatic rings. The van der Waals surface area contributed by atoms with E-state index >= 15 is 0 Å². The van der Waals surface area contributed by atoms with Crippen LogP contribution in [0.3, 0.4) is 0 Å². The average Bonchev–Trinajstić information content (AvgIpc) is 2.74. The van der Waals surface area contributed by atoms with Gasteiger partial charge in [0.15, 0.2) is 0 Å². The number of hydrogen-bond acceptors (Lipinski definition) is 3. The van der Waals surface area contributed by atoms with Crippen LogP contribution in [-0.2, 0) is 12.2 Å². The Balaban J connectivity index is 2.13. The Kier molecular flexibility index (Phi) is 2.36. The Labute approximate surface area is 98.1 Å². The summed E-state index contributed by atoms with van der Waals surface area (Å²) in [6.07, 6.45) is 3.00. The highest BCUT2D eigenvalue weighted by Crippen LogP contribution is 2.29. The molecule has 1 aliphatic heterocycles. The average molecular weight is 232 g/mol. The highest BCUT2D eigenvalue weighted by atomic mass is 32.2. The molecule has 0 spiro atoms. The number of aromatic hydroxyl groups is 1. The van der Waals surface area contributed by atoms with E-state index in [4.69, 9.17) is 0 Å². The van der Waals surface area contributed by atoms with Crippen molar-refractivity contribution in [3.63, 3.8) is 0 Å². The van der Waals surface area contributed by atoms with Gasteiger partial charge in [0.2, 0.25) is 0 Å².